The fraction of sp³-hybridized carbons (Fsp3) is 0.296. The van der Waals surface area contributed by atoms with Gasteiger partial charge in [0, 0.05) is 0 Å². The Morgan fingerprint density at radius 1 is 0.656 bits per heavy atom. The second kappa shape index (κ2) is 12.9. The van der Waals surface area contributed by atoms with Crippen molar-refractivity contribution in [2.75, 3.05) is 0 Å². The van der Waals surface area contributed by atoms with Crippen molar-refractivity contribution >= 4 is 6.29 Å². The molecule has 0 fully saturated rings. The second-order valence-corrected chi connectivity index (χ2v) is 7.66. The molecule has 0 bridgehead atoms. The van der Waals surface area contributed by atoms with Gasteiger partial charge in [0.1, 0.15) is 18.3 Å². The zero-order valence-corrected chi connectivity index (χ0v) is 18.2. The third-order valence-electron chi connectivity index (χ3n) is 5.11. The Hall–Kier alpha value is -2.83. The van der Waals surface area contributed by atoms with Gasteiger partial charge in [-0.15, -0.1) is 0 Å². The van der Waals surface area contributed by atoms with Gasteiger partial charge in [-0.05, 0) is 23.6 Å². The highest BCUT2D eigenvalue weighted by molar-refractivity contribution is 5.57. The SMILES string of the molecule is C[C@H](O)[C@@H](OCc1ccccc1)[C@@H](OCc1ccccc1)[C@H](C=O)OCc1ccccc1. The smallest absolute Gasteiger partial charge is 0.151 e. The average molecular weight is 435 g/mol. The minimum absolute atomic E-state index is 0.251. The predicted octanol–water partition coefficient (Wildman–Crippen LogP) is 4.32. The highest BCUT2D eigenvalue weighted by atomic mass is 16.6. The van der Waals surface area contributed by atoms with Crippen LogP contribution in [0, 0.1) is 0 Å². The van der Waals surface area contributed by atoms with E-state index in [0.717, 1.165) is 23.0 Å². The number of carbonyl (C=O) groups excluding carboxylic acids is 1. The standard InChI is InChI=1S/C27H30O5/c1-21(29)26(31-19-23-13-7-3-8-14-23)27(32-20-24-15-9-4-10-16-24)25(17-28)30-18-22-11-5-2-6-12-22/h2-17,21,25-27,29H,18-20H2,1H3/t21-,25-,26+,27-/m0/s1. The van der Waals surface area contributed by atoms with E-state index in [9.17, 15) is 9.90 Å². The van der Waals surface area contributed by atoms with Gasteiger partial charge in [0.05, 0.1) is 25.9 Å². The Morgan fingerprint density at radius 2 is 1.03 bits per heavy atom. The van der Waals surface area contributed by atoms with E-state index >= 15 is 0 Å². The molecule has 3 aromatic carbocycles. The van der Waals surface area contributed by atoms with Crippen LogP contribution in [0.4, 0.5) is 0 Å². The summed E-state index contributed by atoms with van der Waals surface area (Å²) < 4.78 is 18.1. The van der Waals surface area contributed by atoms with Gasteiger partial charge in [-0.25, -0.2) is 0 Å². The molecule has 3 rings (SSSR count). The number of hydrogen-bond acceptors (Lipinski definition) is 5. The third-order valence-corrected chi connectivity index (χ3v) is 5.11. The van der Waals surface area contributed by atoms with Crippen molar-refractivity contribution in [3.8, 4) is 0 Å². The lowest BCUT2D eigenvalue weighted by atomic mass is 10.0. The first-order valence-electron chi connectivity index (χ1n) is 10.8. The second-order valence-electron chi connectivity index (χ2n) is 7.66. The van der Waals surface area contributed by atoms with E-state index in [2.05, 4.69) is 0 Å². The summed E-state index contributed by atoms with van der Waals surface area (Å²) in [7, 11) is 0. The van der Waals surface area contributed by atoms with Gasteiger partial charge in [0.25, 0.3) is 0 Å². The van der Waals surface area contributed by atoms with Crippen LogP contribution in [0.3, 0.4) is 0 Å². The van der Waals surface area contributed by atoms with Gasteiger partial charge in [-0.2, -0.15) is 0 Å². The number of rotatable bonds is 13. The van der Waals surface area contributed by atoms with E-state index in [1.807, 2.05) is 91.0 Å². The van der Waals surface area contributed by atoms with Crippen LogP contribution in [0.15, 0.2) is 91.0 Å². The van der Waals surface area contributed by atoms with Crippen molar-refractivity contribution < 1.29 is 24.1 Å². The van der Waals surface area contributed by atoms with Crippen LogP contribution in [0.5, 0.6) is 0 Å². The van der Waals surface area contributed by atoms with Crippen molar-refractivity contribution in [1.82, 2.24) is 0 Å². The number of hydrogen-bond donors (Lipinski definition) is 1. The largest absolute Gasteiger partial charge is 0.391 e. The molecule has 3 aromatic rings. The van der Waals surface area contributed by atoms with Crippen LogP contribution < -0.4 is 0 Å². The van der Waals surface area contributed by atoms with Crippen molar-refractivity contribution in [3.63, 3.8) is 0 Å². The van der Waals surface area contributed by atoms with Crippen LogP contribution in [0.25, 0.3) is 0 Å². The summed E-state index contributed by atoms with van der Waals surface area (Å²) in [5, 5.41) is 10.5. The van der Waals surface area contributed by atoms with Crippen molar-refractivity contribution in [2.24, 2.45) is 0 Å². The van der Waals surface area contributed by atoms with Crippen LogP contribution >= 0.6 is 0 Å². The molecule has 0 aliphatic rings. The molecule has 1 N–H and O–H groups in total. The Labute approximate surface area is 189 Å². The van der Waals surface area contributed by atoms with Crippen molar-refractivity contribution in [1.29, 1.82) is 0 Å². The summed E-state index contributed by atoms with van der Waals surface area (Å²) in [6.45, 7) is 2.43. The molecule has 0 unspecified atom stereocenters. The molecular formula is C27H30O5. The van der Waals surface area contributed by atoms with E-state index < -0.39 is 24.4 Å². The van der Waals surface area contributed by atoms with Gasteiger partial charge in [-0.1, -0.05) is 91.0 Å². The van der Waals surface area contributed by atoms with Gasteiger partial charge < -0.3 is 24.1 Å². The van der Waals surface area contributed by atoms with Crippen molar-refractivity contribution in [2.45, 2.75) is 51.2 Å². The highest BCUT2D eigenvalue weighted by Gasteiger charge is 2.35. The number of aldehydes is 1. The molecule has 5 nitrogen and oxygen atoms in total. The number of benzene rings is 3. The van der Waals surface area contributed by atoms with E-state index in [4.69, 9.17) is 14.2 Å². The molecule has 0 heterocycles. The third kappa shape index (κ3) is 7.39. The first kappa shape index (κ1) is 23.8. The molecule has 0 aliphatic heterocycles. The summed E-state index contributed by atoms with van der Waals surface area (Å²) in [6.07, 6.45) is -2.61. The first-order chi connectivity index (χ1) is 15.7. The lowest BCUT2D eigenvalue weighted by Gasteiger charge is -2.33. The van der Waals surface area contributed by atoms with E-state index in [1.54, 1.807) is 6.92 Å². The molecule has 0 radical (unpaired) electrons. The Bertz CT molecular complexity index is 899. The molecule has 32 heavy (non-hydrogen) atoms. The lowest BCUT2D eigenvalue weighted by molar-refractivity contribution is -0.176. The van der Waals surface area contributed by atoms with Crippen LogP contribution in [-0.4, -0.2) is 35.8 Å². The Kier molecular flexibility index (Phi) is 9.60. The minimum atomic E-state index is -0.908. The fourth-order valence-corrected chi connectivity index (χ4v) is 3.40. The number of ether oxygens (including phenoxy) is 3. The Balaban J connectivity index is 1.76. The van der Waals surface area contributed by atoms with Gasteiger partial charge in [0.15, 0.2) is 6.29 Å². The lowest BCUT2D eigenvalue weighted by Crippen LogP contribution is -2.48. The van der Waals surface area contributed by atoms with Gasteiger partial charge in [-0.3, -0.25) is 0 Å². The van der Waals surface area contributed by atoms with E-state index in [-0.39, 0.29) is 19.8 Å². The highest BCUT2D eigenvalue weighted by Crippen LogP contribution is 2.20. The minimum Gasteiger partial charge on any atom is -0.391 e. The van der Waals surface area contributed by atoms with E-state index in [0.29, 0.717) is 0 Å². The summed E-state index contributed by atoms with van der Waals surface area (Å²) in [5.41, 5.74) is 2.87. The van der Waals surface area contributed by atoms with Crippen LogP contribution in [0.1, 0.15) is 23.6 Å². The number of aliphatic hydroxyl groups excluding tert-OH is 1. The molecule has 0 saturated carbocycles. The molecular weight excluding hydrogens is 404 g/mol. The summed E-state index contributed by atoms with van der Waals surface area (Å²) in [6, 6.07) is 29.0. The quantitative estimate of drug-likeness (QED) is 0.406. The fourth-order valence-electron chi connectivity index (χ4n) is 3.40. The zero-order valence-electron chi connectivity index (χ0n) is 18.2. The summed E-state index contributed by atoms with van der Waals surface area (Å²) >= 11 is 0. The maximum Gasteiger partial charge on any atom is 0.151 e. The molecule has 4 atom stereocenters. The van der Waals surface area contributed by atoms with Crippen LogP contribution in [-0.2, 0) is 38.8 Å². The number of aliphatic hydroxyl groups is 1. The average Bonchev–Trinajstić information content (AvgIpc) is 2.84. The van der Waals surface area contributed by atoms with E-state index in [1.165, 1.54) is 0 Å². The molecule has 0 aliphatic carbocycles. The molecule has 0 aromatic heterocycles. The Morgan fingerprint density at radius 3 is 1.41 bits per heavy atom. The number of carbonyl (C=O) groups is 1. The van der Waals surface area contributed by atoms with Crippen LogP contribution in [0.2, 0.25) is 0 Å². The topological polar surface area (TPSA) is 65.0 Å². The maximum atomic E-state index is 12.0. The first-order valence-corrected chi connectivity index (χ1v) is 10.8. The molecule has 0 amide bonds. The molecule has 0 spiro atoms. The predicted molar refractivity (Wildman–Crippen MR) is 123 cm³/mol. The molecule has 0 saturated heterocycles. The zero-order chi connectivity index (χ0) is 22.6. The van der Waals surface area contributed by atoms with Crippen molar-refractivity contribution in [3.05, 3.63) is 108 Å². The van der Waals surface area contributed by atoms with Gasteiger partial charge in [0.2, 0.25) is 0 Å². The summed E-state index contributed by atoms with van der Waals surface area (Å²) in [5.74, 6) is 0. The monoisotopic (exact) mass is 434 g/mol. The molecule has 5 heteroatoms. The summed E-state index contributed by atoms with van der Waals surface area (Å²) in [4.78, 5) is 12.0. The maximum absolute atomic E-state index is 12.0. The van der Waals surface area contributed by atoms with Gasteiger partial charge >= 0.3 is 0 Å². The molecule has 168 valence electrons. The normalized spacial score (nSPS) is 14.9.